The highest BCUT2D eigenvalue weighted by Gasteiger charge is 2.21. The molecule has 1 aliphatic rings. The van der Waals surface area contributed by atoms with Crippen LogP contribution in [0.25, 0.3) is 10.9 Å². The van der Waals surface area contributed by atoms with Crippen molar-refractivity contribution in [3.8, 4) is 0 Å². The van der Waals surface area contributed by atoms with Crippen molar-refractivity contribution in [2.45, 2.75) is 26.4 Å². The molecule has 25 heavy (non-hydrogen) atoms. The number of carbonyl (C=O) groups excluding carboxylic acids is 1. The van der Waals surface area contributed by atoms with Crippen molar-refractivity contribution >= 4 is 16.8 Å². The smallest absolute Gasteiger partial charge is 0.251 e. The third kappa shape index (κ3) is 2.84. The van der Waals surface area contributed by atoms with E-state index in [2.05, 4.69) is 12.1 Å². The van der Waals surface area contributed by atoms with Gasteiger partial charge in [0.15, 0.2) is 0 Å². The minimum absolute atomic E-state index is 0.00870. The number of rotatable bonds is 2. The summed E-state index contributed by atoms with van der Waals surface area (Å²) in [7, 11) is 0. The van der Waals surface area contributed by atoms with Crippen LogP contribution in [0, 0.1) is 6.92 Å². The molecule has 0 radical (unpaired) electrons. The Morgan fingerprint density at radius 1 is 1.04 bits per heavy atom. The molecule has 0 unspecified atom stereocenters. The fourth-order valence-electron chi connectivity index (χ4n) is 3.61. The SMILES string of the molecule is Cc1cc(=O)n(CC(=O)N2CCc3ccccc3C2)c2ccccc12. The number of benzene rings is 2. The molecule has 4 heteroatoms. The second-order valence-corrected chi connectivity index (χ2v) is 6.60. The second kappa shape index (κ2) is 6.20. The first-order valence-corrected chi connectivity index (χ1v) is 8.57. The predicted molar refractivity (Wildman–Crippen MR) is 98.5 cm³/mol. The molecule has 1 aromatic heterocycles. The maximum atomic E-state index is 12.8. The van der Waals surface area contributed by atoms with E-state index in [-0.39, 0.29) is 18.0 Å². The molecule has 3 aromatic rings. The van der Waals surface area contributed by atoms with Gasteiger partial charge in [0.05, 0.1) is 5.52 Å². The summed E-state index contributed by atoms with van der Waals surface area (Å²) in [5, 5.41) is 1.01. The molecule has 2 heterocycles. The Labute approximate surface area is 146 Å². The molecule has 0 N–H and O–H groups in total. The summed E-state index contributed by atoms with van der Waals surface area (Å²) >= 11 is 0. The van der Waals surface area contributed by atoms with E-state index in [1.165, 1.54) is 11.1 Å². The van der Waals surface area contributed by atoms with Crippen molar-refractivity contribution in [1.29, 1.82) is 0 Å². The van der Waals surface area contributed by atoms with Crippen molar-refractivity contribution in [3.63, 3.8) is 0 Å². The number of aryl methyl sites for hydroxylation is 1. The van der Waals surface area contributed by atoms with Crippen LogP contribution in [-0.4, -0.2) is 21.9 Å². The molecule has 0 atom stereocenters. The van der Waals surface area contributed by atoms with E-state index < -0.39 is 0 Å². The first-order valence-electron chi connectivity index (χ1n) is 8.57. The number of nitrogens with zero attached hydrogens (tertiary/aromatic N) is 2. The van der Waals surface area contributed by atoms with Crippen molar-refractivity contribution in [1.82, 2.24) is 9.47 Å². The van der Waals surface area contributed by atoms with Crippen molar-refractivity contribution in [2.24, 2.45) is 0 Å². The molecule has 1 aliphatic heterocycles. The maximum absolute atomic E-state index is 12.8. The van der Waals surface area contributed by atoms with E-state index in [1.807, 2.05) is 48.2 Å². The van der Waals surface area contributed by atoms with Gasteiger partial charge in [-0.2, -0.15) is 0 Å². The first-order chi connectivity index (χ1) is 12.1. The average molecular weight is 332 g/mol. The number of amides is 1. The van der Waals surface area contributed by atoms with Gasteiger partial charge in [0.25, 0.3) is 5.56 Å². The standard InChI is InChI=1S/C21H20N2O2/c1-15-12-20(24)23(19-9-5-4-8-18(15)19)14-21(25)22-11-10-16-6-2-3-7-17(16)13-22/h2-9,12H,10-11,13-14H2,1H3. The van der Waals surface area contributed by atoms with Gasteiger partial charge in [-0.1, -0.05) is 42.5 Å². The van der Waals surface area contributed by atoms with Gasteiger partial charge in [0.1, 0.15) is 6.54 Å². The van der Waals surface area contributed by atoms with Gasteiger partial charge in [-0.15, -0.1) is 0 Å². The predicted octanol–water partition coefficient (Wildman–Crippen LogP) is 2.89. The number of hydrogen-bond donors (Lipinski definition) is 0. The summed E-state index contributed by atoms with van der Waals surface area (Å²) in [6, 6.07) is 17.6. The van der Waals surface area contributed by atoms with Crippen LogP contribution in [0.2, 0.25) is 0 Å². The number of fused-ring (bicyclic) bond motifs is 2. The van der Waals surface area contributed by atoms with E-state index >= 15 is 0 Å². The van der Waals surface area contributed by atoms with Crippen LogP contribution >= 0.6 is 0 Å². The first kappa shape index (κ1) is 15.6. The molecule has 0 saturated heterocycles. The fourth-order valence-corrected chi connectivity index (χ4v) is 3.61. The summed E-state index contributed by atoms with van der Waals surface area (Å²) < 4.78 is 1.59. The largest absolute Gasteiger partial charge is 0.336 e. The Balaban J connectivity index is 1.64. The Bertz CT molecular complexity index is 1020. The van der Waals surface area contributed by atoms with E-state index in [4.69, 9.17) is 0 Å². The van der Waals surface area contributed by atoms with Gasteiger partial charge >= 0.3 is 0 Å². The summed E-state index contributed by atoms with van der Waals surface area (Å²) in [6.45, 7) is 3.33. The number of hydrogen-bond acceptors (Lipinski definition) is 2. The van der Waals surface area contributed by atoms with Gasteiger partial charge in [-0.05, 0) is 36.1 Å². The number of para-hydroxylation sites is 1. The lowest BCUT2D eigenvalue weighted by Gasteiger charge is -2.29. The van der Waals surface area contributed by atoms with Crippen molar-refractivity contribution < 1.29 is 4.79 Å². The molecular formula is C21H20N2O2. The number of pyridine rings is 1. The zero-order chi connectivity index (χ0) is 17.4. The van der Waals surface area contributed by atoms with Crippen molar-refractivity contribution in [3.05, 3.63) is 81.6 Å². The highest BCUT2D eigenvalue weighted by molar-refractivity contribution is 5.84. The quantitative estimate of drug-likeness (QED) is 0.724. The zero-order valence-electron chi connectivity index (χ0n) is 14.2. The van der Waals surface area contributed by atoms with Crippen LogP contribution in [0.15, 0.2) is 59.4 Å². The van der Waals surface area contributed by atoms with E-state index in [0.717, 1.165) is 22.9 Å². The Morgan fingerprint density at radius 3 is 2.60 bits per heavy atom. The summed E-state index contributed by atoms with van der Waals surface area (Å²) in [4.78, 5) is 27.1. The lowest BCUT2D eigenvalue weighted by Crippen LogP contribution is -2.39. The van der Waals surface area contributed by atoms with Crippen molar-refractivity contribution in [2.75, 3.05) is 6.54 Å². The van der Waals surface area contributed by atoms with Crippen LogP contribution < -0.4 is 5.56 Å². The molecule has 0 fully saturated rings. The lowest BCUT2D eigenvalue weighted by molar-refractivity contribution is -0.132. The summed E-state index contributed by atoms with van der Waals surface area (Å²) in [5.41, 5.74) is 4.14. The minimum atomic E-state index is -0.123. The monoisotopic (exact) mass is 332 g/mol. The van der Waals surface area contributed by atoms with Gasteiger partial charge in [0.2, 0.25) is 5.91 Å². The van der Waals surface area contributed by atoms with Crippen LogP contribution in [-0.2, 0) is 24.3 Å². The Morgan fingerprint density at radius 2 is 1.76 bits per heavy atom. The summed E-state index contributed by atoms with van der Waals surface area (Å²) in [6.07, 6.45) is 0.867. The highest BCUT2D eigenvalue weighted by atomic mass is 16.2. The van der Waals surface area contributed by atoms with E-state index in [1.54, 1.807) is 10.6 Å². The normalized spacial score (nSPS) is 13.7. The molecule has 0 spiro atoms. The third-order valence-corrected chi connectivity index (χ3v) is 5.00. The fraction of sp³-hybridized carbons (Fsp3) is 0.238. The van der Waals surface area contributed by atoms with Gasteiger partial charge in [0, 0.05) is 24.5 Å². The second-order valence-electron chi connectivity index (χ2n) is 6.60. The topological polar surface area (TPSA) is 42.3 Å². The van der Waals surface area contributed by atoms with E-state index in [9.17, 15) is 9.59 Å². The summed E-state index contributed by atoms with van der Waals surface area (Å²) in [5.74, 6) is -0.00870. The molecule has 1 amide bonds. The van der Waals surface area contributed by atoms with Gasteiger partial charge < -0.3 is 4.90 Å². The Hall–Kier alpha value is -2.88. The number of aromatic nitrogens is 1. The van der Waals surface area contributed by atoms with Crippen LogP contribution in [0.3, 0.4) is 0 Å². The lowest BCUT2D eigenvalue weighted by atomic mass is 10.00. The molecule has 0 aliphatic carbocycles. The van der Waals surface area contributed by atoms with Crippen LogP contribution in [0.1, 0.15) is 16.7 Å². The highest BCUT2D eigenvalue weighted by Crippen LogP contribution is 2.20. The average Bonchev–Trinajstić information content (AvgIpc) is 2.64. The minimum Gasteiger partial charge on any atom is -0.336 e. The van der Waals surface area contributed by atoms with Crippen LogP contribution in [0.4, 0.5) is 0 Å². The van der Waals surface area contributed by atoms with Gasteiger partial charge in [-0.3, -0.25) is 14.2 Å². The molecule has 4 rings (SSSR count). The molecule has 4 nitrogen and oxygen atoms in total. The molecule has 0 saturated carbocycles. The maximum Gasteiger partial charge on any atom is 0.251 e. The van der Waals surface area contributed by atoms with Gasteiger partial charge in [-0.25, -0.2) is 0 Å². The molecule has 2 aromatic carbocycles. The molecular weight excluding hydrogens is 312 g/mol. The van der Waals surface area contributed by atoms with Crippen LogP contribution in [0.5, 0.6) is 0 Å². The number of carbonyl (C=O) groups is 1. The van der Waals surface area contributed by atoms with E-state index in [0.29, 0.717) is 13.1 Å². The molecule has 0 bridgehead atoms. The zero-order valence-corrected chi connectivity index (χ0v) is 14.2. The third-order valence-electron chi connectivity index (χ3n) is 5.00. The molecule has 126 valence electrons. The Kier molecular flexibility index (Phi) is 3.88.